The number of rotatable bonds is 4. The van der Waals surface area contributed by atoms with Gasteiger partial charge in [-0.05, 0) is 24.5 Å². The predicted molar refractivity (Wildman–Crippen MR) is 71.4 cm³/mol. The van der Waals surface area contributed by atoms with E-state index in [1.54, 1.807) is 0 Å². The molecule has 1 amide bonds. The first kappa shape index (κ1) is 15.8. The Kier molecular flexibility index (Phi) is 4.88. The maximum absolute atomic E-state index is 12.9. The van der Waals surface area contributed by atoms with E-state index in [0.717, 1.165) is 31.7 Å². The van der Waals surface area contributed by atoms with Crippen molar-refractivity contribution in [2.75, 3.05) is 6.54 Å². The van der Waals surface area contributed by atoms with Crippen LogP contribution in [0.15, 0.2) is 24.3 Å². The van der Waals surface area contributed by atoms with Gasteiger partial charge in [-0.15, -0.1) is 0 Å². The van der Waals surface area contributed by atoms with Crippen LogP contribution in [0.25, 0.3) is 0 Å². The topological polar surface area (TPSA) is 49.3 Å². The second-order valence-corrected chi connectivity index (χ2v) is 5.33. The second kappa shape index (κ2) is 6.47. The van der Waals surface area contributed by atoms with Gasteiger partial charge in [-0.3, -0.25) is 4.79 Å². The van der Waals surface area contributed by atoms with Gasteiger partial charge < -0.3 is 10.4 Å². The first-order chi connectivity index (χ1) is 9.89. The fourth-order valence-electron chi connectivity index (χ4n) is 2.69. The Morgan fingerprint density at radius 3 is 2.52 bits per heavy atom. The Hall–Kier alpha value is -1.56. The number of halogens is 3. The molecular weight excluding hydrogens is 283 g/mol. The van der Waals surface area contributed by atoms with Crippen molar-refractivity contribution in [3.63, 3.8) is 0 Å². The van der Waals surface area contributed by atoms with E-state index in [0.29, 0.717) is 0 Å². The van der Waals surface area contributed by atoms with Crippen molar-refractivity contribution in [2.45, 2.75) is 38.0 Å². The zero-order valence-corrected chi connectivity index (χ0v) is 11.5. The average molecular weight is 301 g/mol. The van der Waals surface area contributed by atoms with Crippen molar-refractivity contribution in [1.82, 2.24) is 5.32 Å². The zero-order chi connectivity index (χ0) is 15.5. The minimum Gasteiger partial charge on any atom is -0.387 e. The largest absolute Gasteiger partial charge is 0.416 e. The molecule has 1 aromatic rings. The molecule has 6 heteroatoms. The van der Waals surface area contributed by atoms with Crippen LogP contribution in [0.3, 0.4) is 0 Å². The molecule has 0 bridgehead atoms. The third-order valence-corrected chi connectivity index (χ3v) is 3.82. The molecule has 0 heterocycles. The number of alkyl halides is 3. The lowest BCUT2D eigenvalue weighted by Gasteiger charge is -2.18. The smallest absolute Gasteiger partial charge is 0.387 e. The van der Waals surface area contributed by atoms with E-state index in [9.17, 15) is 23.1 Å². The summed E-state index contributed by atoms with van der Waals surface area (Å²) in [5.74, 6) is -0.258. The highest BCUT2D eigenvalue weighted by Crippen LogP contribution is 2.34. The van der Waals surface area contributed by atoms with Gasteiger partial charge in [0.25, 0.3) is 0 Å². The van der Waals surface area contributed by atoms with E-state index in [1.807, 2.05) is 0 Å². The number of carbonyl (C=O) groups excluding carboxylic acids is 1. The summed E-state index contributed by atoms with van der Waals surface area (Å²) in [7, 11) is 0. The van der Waals surface area contributed by atoms with Crippen molar-refractivity contribution < 1.29 is 23.1 Å². The van der Waals surface area contributed by atoms with E-state index in [1.165, 1.54) is 18.2 Å². The van der Waals surface area contributed by atoms with Crippen molar-refractivity contribution >= 4 is 5.91 Å². The molecule has 1 aliphatic carbocycles. The fourth-order valence-corrected chi connectivity index (χ4v) is 2.69. The lowest BCUT2D eigenvalue weighted by Crippen LogP contribution is -2.33. The Morgan fingerprint density at radius 1 is 1.29 bits per heavy atom. The van der Waals surface area contributed by atoms with Crippen LogP contribution in [-0.4, -0.2) is 17.6 Å². The highest BCUT2D eigenvalue weighted by molar-refractivity contribution is 5.78. The van der Waals surface area contributed by atoms with Crippen LogP contribution >= 0.6 is 0 Å². The lowest BCUT2D eigenvalue weighted by molar-refractivity contribution is -0.139. The number of hydrogen-bond donors (Lipinski definition) is 2. The summed E-state index contributed by atoms with van der Waals surface area (Å²) in [5, 5.41) is 12.5. The average Bonchev–Trinajstić information content (AvgIpc) is 2.97. The molecule has 116 valence electrons. The van der Waals surface area contributed by atoms with E-state index >= 15 is 0 Å². The molecule has 0 radical (unpaired) electrons. The molecule has 2 N–H and O–H groups in total. The summed E-state index contributed by atoms with van der Waals surface area (Å²) >= 11 is 0. The third kappa shape index (κ3) is 3.97. The summed E-state index contributed by atoms with van der Waals surface area (Å²) < 4.78 is 38.6. The van der Waals surface area contributed by atoms with Gasteiger partial charge in [0.05, 0.1) is 11.7 Å². The molecule has 1 aromatic carbocycles. The Morgan fingerprint density at radius 2 is 1.90 bits per heavy atom. The molecule has 1 atom stereocenters. The summed E-state index contributed by atoms with van der Waals surface area (Å²) in [6.45, 7) is -0.206. The summed E-state index contributed by atoms with van der Waals surface area (Å²) in [4.78, 5) is 11.8. The first-order valence-corrected chi connectivity index (χ1v) is 7.01. The summed E-state index contributed by atoms with van der Waals surface area (Å²) in [5.41, 5.74) is -1.08. The first-order valence-electron chi connectivity index (χ1n) is 7.01. The molecule has 0 unspecified atom stereocenters. The molecule has 1 aliphatic rings. The van der Waals surface area contributed by atoms with E-state index in [2.05, 4.69) is 5.32 Å². The van der Waals surface area contributed by atoms with Crippen molar-refractivity contribution in [3.8, 4) is 0 Å². The van der Waals surface area contributed by atoms with Crippen LogP contribution in [0.2, 0.25) is 0 Å². The molecule has 2 rings (SSSR count). The van der Waals surface area contributed by atoms with Crippen molar-refractivity contribution in [2.24, 2.45) is 5.92 Å². The van der Waals surface area contributed by atoms with Crippen LogP contribution in [0.4, 0.5) is 13.2 Å². The SMILES string of the molecule is O=C(NC[C@H](O)c1ccccc1C(F)(F)F)C1CCCC1. The zero-order valence-electron chi connectivity index (χ0n) is 11.5. The predicted octanol–water partition coefficient (Wildman–Crippen LogP) is 3.05. The van der Waals surface area contributed by atoms with Crippen LogP contribution in [0.1, 0.15) is 42.9 Å². The van der Waals surface area contributed by atoms with Gasteiger partial charge in [-0.2, -0.15) is 13.2 Å². The van der Waals surface area contributed by atoms with Gasteiger partial charge in [-0.25, -0.2) is 0 Å². The highest BCUT2D eigenvalue weighted by Gasteiger charge is 2.34. The maximum Gasteiger partial charge on any atom is 0.416 e. The molecule has 0 spiro atoms. The lowest BCUT2D eigenvalue weighted by atomic mass is 10.0. The molecule has 1 fully saturated rings. The van der Waals surface area contributed by atoms with Crippen LogP contribution in [-0.2, 0) is 11.0 Å². The van der Waals surface area contributed by atoms with Crippen molar-refractivity contribution in [3.05, 3.63) is 35.4 Å². The monoisotopic (exact) mass is 301 g/mol. The molecule has 0 saturated heterocycles. The molecular formula is C15H18F3NO2. The van der Waals surface area contributed by atoms with Gasteiger partial charge in [0, 0.05) is 12.5 Å². The number of hydrogen-bond acceptors (Lipinski definition) is 2. The Labute approximate surface area is 121 Å². The maximum atomic E-state index is 12.9. The third-order valence-electron chi connectivity index (χ3n) is 3.82. The van der Waals surface area contributed by atoms with Gasteiger partial charge in [-0.1, -0.05) is 31.0 Å². The van der Waals surface area contributed by atoms with Gasteiger partial charge in [0.15, 0.2) is 0 Å². The van der Waals surface area contributed by atoms with Crippen LogP contribution < -0.4 is 5.32 Å². The molecule has 0 aromatic heterocycles. The number of aliphatic hydroxyl groups excluding tert-OH is 1. The molecule has 3 nitrogen and oxygen atoms in total. The Balaban J connectivity index is 2.00. The summed E-state index contributed by atoms with van der Waals surface area (Å²) in [6.07, 6.45) is -2.28. The van der Waals surface area contributed by atoms with E-state index in [4.69, 9.17) is 0 Å². The van der Waals surface area contributed by atoms with E-state index < -0.39 is 17.8 Å². The standard InChI is InChI=1S/C15H18F3NO2/c16-15(17,18)12-8-4-3-7-11(12)13(20)9-19-14(21)10-5-1-2-6-10/h3-4,7-8,10,13,20H,1-2,5-6,9H2,(H,19,21)/t13-/m0/s1. The molecule has 0 aliphatic heterocycles. The van der Waals surface area contributed by atoms with E-state index in [-0.39, 0.29) is 23.9 Å². The number of benzene rings is 1. The minimum absolute atomic E-state index is 0.0740. The Bertz CT molecular complexity index is 496. The van der Waals surface area contributed by atoms with Crippen LogP contribution in [0.5, 0.6) is 0 Å². The molecule has 21 heavy (non-hydrogen) atoms. The van der Waals surface area contributed by atoms with Crippen molar-refractivity contribution in [1.29, 1.82) is 0 Å². The quantitative estimate of drug-likeness (QED) is 0.898. The normalized spacial score (nSPS) is 17.7. The number of aliphatic hydroxyl groups is 1. The molecule has 1 saturated carbocycles. The second-order valence-electron chi connectivity index (χ2n) is 5.33. The van der Waals surface area contributed by atoms with Gasteiger partial charge in [0.2, 0.25) is 5.91 Å². The van der Waals surface area contributed by atoms with Gasteiger partial charge >= 0.3 is 6.18 Å². The minimum atomic E-state index is -4.52. The highest BCUT2D eigenvalue weighted by atomic mass is 19.4. The number of nitrogens with one attached hydrogen (secondary N) is 1. The number of amides is 1. The fraction of sp³-hybridized carbons (Fsp3) is 0.533. The van der Waals surface area contributed by atoms with Crippen LogP contribution in [0, 0.1) is 5.92 Å². The van der Waals surface area contributed by atoms with Gasteiger partial charge in [0.1, 0.15) is 0 Å². The summed E-state index contributed by atoms with van der Waals surface area (Å²) in [6, 6.07) is 4.87. The number of carbonyl (C=O) groups is 1.